The Morgan fingerprint density at radius 1 is 1.28 bits per heavy atom. The molecule has 1 aromatic rings. The van der Waals surface area contributed by atoms with Crippen LogP contribution in [0.2, 0.25) is 0 Å². The van der Waals surface area contributed by atoms with E-state index < -0.39 is 0 Å². The van der Waals surface area contributed by atoms with Crippen molar-refractivity contribution in [2.24, 2.45) is 4.99 Å². The number of aliphatic imine (C=N–C) groups is 1. The van der Waals surface area contributed by atoms with Crippen molar-refractivity contribution in [2.75, 3.05) is 53.9 Å². The number of rotatable bonds is 9. The first-order valence-electron chi connectivity index (χ1n) is 10.2. The lowest BCUT2D eigenvalue weighted by Crippen LogP contribution is -2.43. The summed E-state index contributed by atoms with van der Waals surface area (Å²) in [6.45, 7) is 9.39. The zero-order valence-corrected chi connectivity index (χ0v) is 18.2. The SMILES string of the molecule is C=C(C)CNC(=NCC(=O)N(C)C)NCC(c1ccccc1OC)N1CCCC1. The summed E-state index contributed by atoms with van der Waals surface area (Å²) < 4.78 is 5.61. The number of hydrogen-bond acceptors (Lipinski definition) is 4. The van der Waals surface area contributed by atoms with Gasteiger partial charge in [0.15, 0.2) is 5.96 Å². The van der Waals surface area contributed by atoms with E-state index in [9.17, 15) is 4.79 Å². The standard InChI is InChI=1S/C22H35N5O2/c1-17(2)14-23-22(25-16-21(28)26(3)4)24-15-19(27-12-8-9-13-27)18-10-6-7-11-20(18)29-5/h6-7,10-11,19H,1,8-9,12-16H2,2-5H3,(H2,23,24,25). The largest absolute Gasteiger partial charge is 0.496 e. The highest BCUT2D eigenvalue weighted by Crippen LogP contribution is 2.31. The monoisotopic (exact) mass is 401 g/mol. The van der Waals surface area contributed by atoms with E-state index >= 15 is 0 Å². The Bertz CT molecular complexity index is 711. The maximum absolute atomic E-state index is 12.0. The Hall–Kier alpha value is -2.54. The van der Waals surface area contributed by atoms with E-state index in [2.05, 4.69) is 33.2 Å². The molecule has 0 saturated carbocycles. The highest BCUT2D eigenvalue weighted by Gasteiger charge is 2.26. The molecule has 1 heterocycles. The van der Waals surface area contributed by atoms with E-state index in [0.717, 1.165) is 30.0 Å². The lowest BCUT2D eigenvalue weighted by Gasteiger charge is -2.30. The third-order valence-corrected chi connectivity index (χ3v) is 4.97. The van der Waals surface area contributed by atoms with Gasteiger partial charge in [0.05, 0.1) is 13.2 Å². The van der Waals surface area contributed by atoms with Crippen LogP contribution in [0.25, 0.3) is 0 Å². The van der Waals surface area contributed by atoms with Crippen molar-refractivity contribution in [1.82, 2.24) is 20.4 Å². The van der Waals surface area contributed by atoms with Crippen LogP contribution in [-0.4, -0.2) is 75.6 Å². The number of ether oxygens (including phenoxy) is 1. The third-order valence-electron chi connectivity index (χ3n) is 4.97. The first-order valence-corrected chi connectivity index (χ1v) is 10.2. The van der Waals surface area contributed by atoms with Crippen LogP contribution in [0.3, 0.4) is 0 Å². The molecule has 1 atom stereocenters. The first kappa shape index (κ1) is 22.7. The Balaban J connectivity index is 2.16. The number of carbonyl (C=O) groups is 1. The smallest absolute Gasteiger partial charge is 0.243 e. The van der Waals surface area contributed by atoms with Crippen LogP contribution in [0, 0.1) is 0 Å². The van der Waals surface area contributed by atoms with Crippen LogP contribution in [0.4, 0.5) is 0 Å². The van der Waals surface area contributed by atoms with Gasteiger partial charge in [0.1, 0.15) is 12.3 Å². The normalized spacial score (nSPS) is 15.7. The highest BCUT2D eigenvalue weighted by molar-refractivity contribution is 5.84. The van der Waals surface area contributed by atoms with E-state index in [0.29, 0.717) is 19.0 Å². The van der Waals surface area contributed by atoms with Gasteiger partial charge in [0.25, 0.3) is 0 Å². The quantitative estimate of drug-likeness (QED) is 0.376. The van der Waals surface area contributed by atoms with Crippen molar-refractivity contribution in [2.45, 2.75) is 25.8 Å². The van der Waals surface area contributed by atoms with E-state index in [-0.39, 0.29) is 18.5 Å². The van der Waals surface area contributed by atoms with Gasteiger partial charge in [-0.05, 0) is 38.9 Å². The number of para-hydroxylation sites is 1. The molecule has 7 heteroatoms. The second kappa shape index (κ2) is 11.5. The zero-order valence-electron chi connectivity index (χ0n) is 18.2. The van der Waals surface area contributed by atoms with Crippen LogP contribution in [0.5, 0.6) is 5.75 Å². The van der Waals surface area contributed by atoms with Gasteiger partial charge >= 0.3 is 0 Å². The lowest BCUT2D eigenvalue weighted by molar-refractivity contribution is -0.127. The summed E-state index contributed by atoms with van der Waals surface area (Å²) in [6, 6.07) is 8.32. The minimum atomic E-state index is -0.0396. The topological polar surface area (TPSA) is 69.2 Å². The molecule has 0 aromatic heterocycles. The van der Waals surface area contributed by atoms with Gasteiger partial charge in [-0.2, -0.15) is 0 Å². The van der Waals surface area contributed by atoms with Crippen molar-refractivity contribution < 1.29 is 9.53 Å². The van der Waals surface area contributed by atoms with Crippen molar-refractivity contribution >= 4 is 11.9 Å². The Morgan fingerprint density at radius 3 is 2.59 bits per heavy atom. The van der Waals surface area contributed by atoms with Gasteiger partial charge in [-0.15, -0.1) is 0 Å². The number of methoxy groups -OCH3 is 1. The number of likely N-dealkylation sites (N-methyl/N-ethyl adjacent to an activating group) is 1. The number of nitrogens with zero attached hydrogens (tertiary/aromatic N) is 3. The Kier molecular flexibility index (Phi) is 8.99. The molecule has 1 aliphatic heterocycles. The molecule has 2 rings (SSSR count). The average molecular weight is 402 g/mol. The summed E-state index contributed by atoms with van der Waals surface area (Å²) in [5.41, 5.74) is 2.16. The number of hydrogen-bond donors (Lipinski definition) is 2. The van der Waals surface area contributed by atoms with Gasteiger partial charge in [-0.1, -0.05) is 30.4 Å². The fourth-order valence-electron chi connectivity index (χ4n) is 3.32. The van der Waals surface area contributed by atoms with Gasteiger partial charge in [-0.3, -0.25) is 9.69 Å². The predicted octanol–water partition coefficient (Wildman–Crippen LogP) is 2.03. The van der Waals surface area contributed by atoms with Crippen LogP contribution in [-0.2, 0) is 4.79 Å². The Morgan fingerprint density at radius 2 is 1.97 bits per heavy atom. The van der Waals surface area contributed by atoms with Crippen LogP contribution < -0.4 is 15.4 Å². The molecule has 1 amide bonds. The molecule has 1 aromatic carbocycles. The molecule has 2 N–H and O–H groups in total. The van der Waals surface area contributed by atoms with Crippen LogP contribution in [0.15, 0.2) is 41.4 Å². The number of amides is 1. The molecule has 1 aliphatic rings. The molecule has 160 valence electrons. The molecule has 0 radical (unpaired) electrons. The molecule has 0 aliphatic carbocycles. The molecular weight excluding hydrogens is 366 g/mol. The first-order chi connectivity index (χ1) is 13.9. The summed E-state index contributed by atoms with van der Waals surface area (Å²) in [5, 5.41) is 6.68. The maximum Gasteiger partial charge on any atom is 0.243 e. The molecule has 1 fully saturated rings. The van der Waals surface area contributed by atoms with Gasteiger partial charge in [0, 0.05) is 32.7 Å². The van der Waals surface area contributed by atoms with E-state index in [1.165, 1.54) is 12.8 Å². The van der Waals surface area contributed by atoms with Gasteiger partial charge in [-0.25, -0.2) is 4.99 Å². The van der Waals surface area contributed by atoms with E-state index in [1.54, 1.807) is 26.1 Å². The van der Waals surface area contributed by atoms with Crippen LogP contribution in [0.1, 0.15) is 31.4 Å². The minimum Gasteiger partial charge on any atom is -0.496 e. The van der Waals surface area contributed by atoms with Crippen LogP contribution >= 0.6 is 0 Å². The second-order valence-corrected chi connectivity index (χ2v) is 7.65. The summed E-state index contributed by atoms with van der Waals surface area (Å²) in [6.07, 6.45) is 2.41. The van der Waals surface area contributed by atoms with Gasteiger partial charge in [0.2, 0.25) is 5.91 Å². The molecule has 0 bridgehead atoms. The molecule has 1 unspecified atom stereocenters. The fraction of sp³-hybridized carbons (Fsp3) is 0.545. The van der Waals surface area contributed by atoms with Crippen molar-refractivity contribution in [3.63, 3.8) is 0 Å². The average Bonchev–Trinajstić information content (AvgIpc) is 3.23. The summed E-state index contributed by atoms with van der Waals surface area (Å²) in [5.74, 6) is 1.46. The van der Waals surface area contributed by atoms with E-state index in [1.807, 2.05) is 25.1 Å². The summed E-state index contributed by atoms with van der Waals surface area (Å²) in [4.78, 5) is 20.4. The van der Waals surface area contributed by atoms with Crippen molar-refractivity contribution in [1.29, 1.82) is 0 Å². The van der Waals surface area contributed by atoms with E-state index in [4.69, 9.17) is 4.74 Å². The van der Waals surface area contributed by atoms with Gasteiger partial charge < -0.3 is 20.3 Å². The summed E-state index contributed by atoms with van der Waals surface area (Å²) in [7, 11) is 5.18. The Labute approximate surface area is 174 Å². The molecule has 1 saturated heterocycles. The lowest BCUT2D eigenvalue weighted by atomic mass is 10.0. The maximum atomic E-state index is 12.0. The predicted molar refractivity (Wildman–Crippen MR) is 118 cm³/mol. The summed E-state index contributed by atoms with van der Waals surface area (Å²) >= 11 is 0. The molecular formula is C22H35N5O2. The number of benzene rings is 1. The number of likely N-dealkylation sites (tertiary alicyclic amines) is 1. The number of nitrogens with one attached hydrogen (secondary N) is 2. The van der Waals surface area contributed by atoms with Crippen molar-refractivity contribution in [3.8, 4) is 5.75 Å². The fourth-order valence-corrected chi connectivity index (χ4v) is 3.32. The molecule has 0 spiro atoms. The third kappa shape index (κ3) is 7.09. The molecule has 7 nitrogen and oxygen atoms in total. The number of carbonyl (C=O) groups excluding carboxylic acids is 1. The second-order valence-electron chi connectivity index (χ2n) is 7.65. The zero-order chi connectivity index (χ0) is 21.2. The van der Waals surface area contributed by atoms with Crippen molar-refractivity contribution in [3.05, 3.63) is 42.0 Å². The number of guanidine groups is 1. The minimum absolute atomic E-state index is 0.0396. The molecule has 29 heavy (non-hydrogen) atoms. The highest BCUT2D eigenvalue weighted by atomic mass is 16.5.